The fourth-order valence-electron chi connectivity index (χ4n) is 2.48. The van der Waals surface area contributed by atoms with Gasteiger partial charge in [0.2, 0.25) is 0 Å². The van der Waals surface area contributed by atoms with Gasteiger partial charge in [0.05, 0.1) is 24.0 Å². The number of hydrogen-bond acceptors (Lipinski definition) is 3. The minimum absolute atomic E-state index is 0.0000876. The summed E-state index contributed by atoms with van der Waals surface area (Å²) < 4.78 is 11.5. The topological polar surface area (TPSA) is 42.7 Å². The molecule has 0 saturated carbocycles. The molecule has 1 amide bonds. The number of hydrogen-bond donors (Lipinski definition) is 0. The van der Waals surface area contributed by atoms with Gasteiger partial charge in [0.1, 0.15) is 5.76 Å². The molecule has 130 valence electrons. The molecule has 0 aliphatic heterocycles. The van der Waals surface area contributed by atoms with Gasteiger partial charge in [-0.25, -0.2) is 0 Å². The zero-order valence-corrected chi connectivity index (χ0v) is 15.3. The Kier molecular flexibility index (Phi) is 5.84. The van der Waals surface area contributed by atoms with Crippen LogP contribution < -0.4 is 0 Å². The first-order chi connectivity index (χ1) is 11.4. The molecule has 0 N–H and O–H groups in total. The molecular formula is C20H27NO3. The van der Waals surface area contributed by atoms with Crippen LogP contribution in [0.25, 0.3) is 11.3 Å². The number of amides is 1. The van der Waals surface area contributed by atoms with Gasteiger partial charge in [0.15, 0.2) is 0 Å². The molecule has 2 aromatic rings. The van der Waals surface area contributed by atoms with Crippen molar-refractivity contribution in [3.05, 3.63) is 47.7 Å². The summed E-state index contributed by atoms with van der Waals surface area (Å²) in [5, 5.41) is 0. The second-order valence-corrected chi connectivity index (χ2v) is 6.74. The van der Waals surface area contributed by atoms with E-state index < -0.39 is 0 Å². The van der Waals surface area contributed by atoms with Crippen molar-refractivity contribution in [1.29, 1.82) is 0 Å². The van der Waals surface area contributed by atoms with Crippen molar-refractivity contribution < 1.29 is 13.9 Å². The van der Waals surface area contributed by atoms with Crippen molar-refractivity contribution in [2.45, 2.75) is 46.8 Å². The number of carbonyl (C=O) groups excluding carboxylic acids is 1. The Balaban J connectivity index is 2.27. The number of ether oxygens (including phenoxy) is 1. The van der Waals surface area contributed by atoms with E-state index in [1.807, 2.05) is 58.9 Å². The zero-order chi connectivity index (χ0) is 17.7. The lowest BCUT2D eigenvalue weighted by Gasteiger charge is -2.20. The van der Waals surface area contributed by atoms with Crippen LogP contribution in [-0.2, 0) is 11.3 Å². The summed E-state index contributed by atoms with van der Waals surface area (Å²) in [5.74, 6) is 0.615. The van der Waals surface area contributed by atoms with E-state index in [1.54, 1.807) is 17.2 Å². The van der Waals surface area contributed by atoms with Gasteiger partial charge < -0.3 is 14.1 Å². The average Bonchev–Trinajstić information content (AvgIpc) is 3.03. The van der Waals surface area contributed by atoms with Crippen LogP contribution in [-0.4, -0.2) is 29.5 Å². The summed E-state index contributed by atoms with van der Waals surface area (Å²) in [6.45, 7) is 11.9. The SMILES string of the molecule is CCN(CC)C(=O)c1ccoc1-c1cccc(COC(C)(C)C)c1. The maximum Gasteiger partial charge on any atom is 0.257 e. The fourth-order valence-corrected chi connectivity index (χ4v) is 2.48. The third kappa shape index (κ3) is 4.48. The van der Waals surface area contributed by atoms with Crippen LogP contribution in [0.15, 0.2) is 41.0 Å². The van der Waals surface area contributed by atoms with E-state index in [9.17, 15) is 4.79 Å². The maximum atomic E-state index is 12.6. The molecule has 1 aromatic carbocycles. The van der Waals surface area contributed by atoms with Crippen LogP contribution in [0.2, 0.25) is 0 Å². The summed E-state index contributed by atoms with van der Waals surface area (Å²) in [6, 6.07) is 9.70. The quantitative estimate of drug-likeness (QED) is 0.768. The van der Waals surface area contributed by atoms with E-state index in [0.29, 0.717) is 31.0 Å². The molecule has 0 aliphatic rings. The molecular weight excluding hydrogens is 302 g/mol. The van der Waals surface area contributed by atoms with Gasteiger partial charge in [0.25, 0.3) is 5.91 Å². The second kappa shape index (κ2) is 7.67. The first-order valence-electron chi connectivity index (χ1n) is 8.45. The summed E-state index contributed by atoms with van der Waals surface area (Å²) >= 11 is 0. The molecule has 2 rings (SSSR count). The smallest absolute Gasteiger partial charge is 0.257 e. The molecule has 0 spiro atoms. The molecule has 0 unspecified atom stereocenters. The molecule has 0 fully saturated rings. The van der Waals surface area contributed by atoms with Crippen LogP contribution in [0.1, 0.15) is 50.5 Å². The van der Waals surface area contributed by atoms with Gasteiger partial charge in [-0.3, -0.25) is 4.79 Å². The van der Waals surface area contributed by atoms with Gasteiger partial charge >= 0.3 is 0 Å². The predicted molar refractivity (Wildman–Crippen MR) is 95.9 cm³/mol. The van der Waals surface area contributed by atoms with E-state index in [1.165, 1.54) is 0 Å². The van der Waals surface area contributed by atoms with Gasteiger partial charge in [-0.1, -0.05) is 18.2 Å². The fraction of sp³-hybridized carbons (Fsp3) is 0.450. The van der Waals surface area contributed by atoms with Crippen LogP contribution in [0.5, 0.6) is 0 Å². The summed E-state index contributed by atoms with van der Waals surface area (Å²) in [7, 11) is 0. The summed E-state index contributed by atoms with van der Waals surface area (Å²) in [4.78, 5) is 14.4. The van der Waals surface area contributed by atoms with E-state index in [0.717, 1.165) is 11.1 Å². The van der Waals surface area contributed by atoms with E-state index in [-0.39, 0.29) is 11.5 Å². The minimum Gasteiger partial charge on any atom is -0.464 e. The minimum atomic E-state index is -0.190. The monoisotopic (exact) mass is 329 g/mol. The Labute approximate surface area is 144 Å². The standard InChI is InChI=1S/C20H27NO3/c1-6-21(7-2)19(22)17-11-12-23-18(17)16-10-8-9-15(13-16)14-24-20(3,4)5/h8-13H,6-7,14H2,1-5H3. The third-order valence-electron chi connectivity index (χ3n) is 3.81. The van der Waals surface area contributed by atoms with Crippen LogP contribution in [0.4, 0.5) is 0 Å². The first-order valence-corrected chi connectivity index (χ1v) is 8.45. The molecule has 0 radical (unpaired) electrons. The predicted octanol–water partition coefficient (Wildman–Crippen LogP) is 4.74. The normalized spacial score (nSPS) is 11.5. The number of benzene rings is 1. The maximum absolute atomic E-state index is 12.6. The van der Waals surface area contributed by atoms with Crippen molar-refractivity contribution >= 4 is 5.91 Å². The highest BCUT2D eigenvalue weighted by Gasteiger charge is 2.20. The Morgan fingerprint density at radius 2 is 1.88 bits per heavy atom. The van der Waals surface area contributed by atoms with Gasteiger partial charge in [-0.2, -0.15) is 0 Å². The molecule has 0 bridgehead atoms. The van der Waals surface area contributed by atoms with Gasteiger partial charge in [-0.05, 0) is 52.3 Å². The highest BCUT2D eigenvalue weighted by molar-refractivity contribution is 5.99. The molecule has 4 heteroatoms. The summed E-state index contributed by atoms with van der Waals surface area (Å²) in [5.41, 5.74) is 2.36. The molecule has 0 aliphatic carbocycles. The number of nitrogens with zero attached hydrogens (tertiary/aromatic N) is 1. The van der Waals surface area contributed by atoms with Crippen LogP contribution >= 0.6 is 0 Å². The molecule has 1 heterocycles. The highest BCUT2D eigenvalue weighted by Crippen LogP contribution is 2.27. The molecule has 1 aromatic heterocycles. The zero-order valence-electron chi connectivity index (χ0n) is 15.3. The molecule has 24 heavy (non-hydrogen) atoms. The van der Waals surface area contributed by atoms with E-state index in [4.69, 9.17) is 9.15 Å². The van der Waals surface area contributed by atoms with Crippen LogP contribution in [0, 0.1) is 0 Å². The first kappa shape index (κ1) is 18.3. The molecule has 4 nitrogen and oxygen atoms in total. The Hall–Kier alpha value is -2.07. The van der Waals surface area contributed by atoms with Gasteiger partial charge in [-0.15, -0.1) is 0 Å². The lowest BCUT2D eigenvalue weighted by atomic mass is 10.0. The van der Waals surface area contributed by atoms with Crippen molar-refractivity contribution in [3.63, 3.8) is 0 Å². The Morgan fingerprint density at radius 3 is 2.50 bits per heavy atom. The number of carbonyl (C=O) groups is 1. The second-order valence-electron chi connectivity index (χ2n) is 6.74. The van der Waals surface area contributed by atoms with Crippen molar-refractivity contribution in [1.82, 2.24) is 4.90 Å². The van der Waals surface area contributed by atoms with Crippen molar-refractivity contribution in [2.75, 3.05) is 13.1 Å². The van der Waals surface area contributed by atoms with E-state index >= 15 is 0 Å². The highest BCUT2D eigenvalue weighted by atomic mass is 16.5. The number of rotatable bonds is 6. The molecule has 0 saturated heterocycles. The largest absolute Gasteiger partial charge is 0.464 e. The van der Waals surface area contributed by atoms with Crippen LogP contribution in [0.3, 0.4) is 0 Å². The molecule has 0 atom stereocenters. The summed E-state index contributed by atoms with van der Waals surface area (Å²) in [6.07, 6.45) is 1.57. The van der Waals surface area contributed by atoms with Gasteiger partial charge in [0, 0.05) is 18.7 Å². The van der Waals surface area contributed by atoms with E-state index in [2.05, 4.69) is 0 Å². The van der Waals surface area contributed by atoms with Crippen molar-refractivity contribution in [3.8, 4) is 11.3 Å². The lowest BCUT2D eigenvalue weighted by Crippen LogP contribution is -2.30. The average molecular weight is 329 g/mol. The Bertz CT molecular complexity index is 678. The third-order valence-corrected chi connectivity index (χ3v) is 3.81. The number of furan rings is 1. The van der Waals surface area contributed by atoms with Crippen molar-refractivity contribution in [2.24, 2.45) is 0 Å². The Morgan fingerprint density at radius 1 is 1.17 bits per heavy atom. The lowest BCUT2D eigenvalue weighted by molar-refractivity contribution is -0.0149.